The van der Waals surface area contributed by atoms with E-state index in [4.69, 9.17) is 9.47 Å². The van der Waals surface area contributed by atoms with Crippen molar-refractivity contribution in [1.29, 1.82) is 0 Å². The zero-order chi connectivity index (χ0) is 14.8. The third-order valence-corrected chi connectivity index (χ3v) is 8.10. The lowest BCUT2D eigenvalue weighted by molar-refractivity contribution is -0.0185. The van der Waals surface area contributed by atoms with E-state index >= 15 is 0 Å². The number of nitrogens with zero attached hydrogens (tertiary/aromatic N) is 1. The molecule has 0 N–H and O–H groups in total. The molecule has 6 unspecified atom stereocenters. The Morgan fingerprint density at radius 1 is 1.29 bits per heavy atom. The molecule has 4 rings (SSSR count). The molecule has 4 fully saturated rings. The quantitative estimate of drug-likeness (QED) is 0.511. The molecule has 5 nitrogen and oxygen atoms in total. The number of hydrogen-bond donors (Lipinski definition) is 0. The monoisotopic (exact) mass is 427 g/mol. The second kappa shape index (κ2) is 5.29. The molecule has 1 saturated carbocycles. The van der Waals surface area contributed by atoms with Gasteiger partial charge in [0.2, 0.25) is 10.0 Å². The van der Waals surface area contributed by atoms with E-state index in [1.165, 1.54) is 6.42 Å². The van der Waals surface area contributed by atoms with Crippen molar-refractivity contribution < 1.29 is 17.9 Å². The van der Waals surface area contributed by atoms with Crippen LogP contribution < -0.4 is 0 Å². The minimum atomic E-state index is -3.21. The predicted molar refractivity (Wildman–Crippen MR) is 86.8 cm³/mol. The third-order valence-electron chi connectivity index (χ3n) is 5.45. The van der Waals surface area contributed by atoms with Crippen molar-refractivity contribution in [2.24, 2.45) is 0 Å². The molecule has 21 heavy (non-hydrogen) atoms. The Hall–Kier alpha value is 0.560. The van der Waals surface area contributed by atoms with E-state index in [1.807, 2.05) is 11.2 Å². The Morgan fingerprint density at radius 2 is 2.00 bits per heavy atom. The number of halogens is 1. The van der Waals surface area contributed by atoms with E-state index in [9.17, 15) is 8.42 Å². The first-order valence-corrected chi connectivity index (χ1v) is 10.7. The molecule has 3 saturated heterocycles. The van der Waals surface area contributed by atoms with E-state index in [0.29, 0.717) is 6.42 Å². The van der Waals surface area contributed by atoms with E-state index < -0.39 is 10.0 Å². The van der Waals surface area contributed by atoms with Crippen LogP contribution in [0.3, 0.4) is 0 Å². The van der Waals surface area contributed by atoms with Gasteiger partial charge < -0.3 is 9.47 Å². The Kier molecular flexibility index (Phi) is 3.81. The summed E-state index contributed by atoms with van der Waals surface area (Å²) in [4.78, 5) is 0. The molecule has 120 valence electrons. The second-order valence-electron chi connectivity index (χ2n) is 6.71. The summed E-state index contributed by atoms with van der Waals surface area (Å²) in [7, 11) is -3.21. The molecular weight excluding hydrogens is 405 g/mol. The summed E-state index contributed by atoms with van der Waals surface area (Å²) in [5.74, 6) is 0. The SMILES string of the molecule is CC(I)OC1C2CC3C(O2)C1N(C1CCCCC1)S3(=O)=O. The van der Waals surface area contributed by atoms with Crippen LogP contribution in [-0.2, 0) is 19.5 Å². The van der Waals surface area contributed by atoms with Crippen molar-refractivity contribution in [2.45, 2.75) is 85.2 Å². The van der Waals surface area contributed by atoms with E-state index in [-0.39, 0.29) is 39.8 Å². The maximum atomic E-state index is 12.9. The van der Waals surface area contributed by atoms with Crippen molar-refractivity contribution in [2.75, 3.05) is 0 Å². The van der Waals surface area contributed by atoms with Gasteiger partial charge in [-0.2, -0.15) is 4.31 Å². The van der Waals surface area contributed by atoms with Gasteiger partial charge in [-0.1, -0.05) is 41.9 Å². The molecule has 6 atom stereocenters. The third kappa shape index (κ3) is 2.21. The Balaban J connectivity index is 1.68. The van der Waals surface area contributed by atoms with Gasteiger partial charge in [0.1, 0.15) is 15.5 Å². The first kappa shape index (κ1) is 15.1. The second-order valence-corrected chi connectivity index (χ2v) is 10.5. The van der Waals surface area contributed by atoms with Crippen LogP contribution in [0.15, 0.2) is 0 Å². The Labute approximate surface area is 139 Å². The number of alkyl halides is 1. The molecule has 7 heteroatoms. The minimum absolute atomic E-state index is 0.0365. The first-order chi connectivity index (χ1) is 10.00. The van der Waals surface area contributed by atoms with Gasteiger partial charge in [-0.3, -0.25) is 0 Å². The molecule has 0 radical (unpaired) electrons. The highest BCUT2D eigenvalue weighted by Gasteiger charge is 2.69. The van der Waals surface area contributed by atoms with Gasteiger partial charge in [-0.15, -0.1) is 0 Å². The lowest BCUT2D eigenvalue weighted by atomic mass is 9.89. The van der Waals surface area contributed by atoms with E-state index in [1.54, 1.807) is 0 Å². The van der Waals surface area contributed by atoms with Crippen LogP contribution in [0.4, 0.5) is 0 Å². The van der Waals surface area contributed by atoms with Gasteiger partial charge in [-0.25, -0.2) is 8.42 Å². The summed E-state index contributed by atoms with van der Waals surface area (Å²) in [6.45, 7) is 2.00. The summed E-state index contributed by atoms with van der Waals surface area (Å²) in [5, 5.41) is -0.321. The zero-order valence-corrected chi connectivity index (χ0v) is 15.1. The van der Waals surface area contributed by atoms with Gasteiger partial charge >= 0.3 is 0 Å². The number of fused-ring (bicyclic) bond motifs is 1. The number of rotatable bonds is 3. The van der Waals surface area contributed by atoms with Crippen LogP contribution in [-0.4, -0.2) is 52.5 Å². The summed E-state index contributed by atoms with van der Waals surface area (Å²) in [5.41, 5.74) is 0. The molecule has 1 aliphatic carbocycles. The minimum Gasteiger partial charge on any atom is -0.369 e. The fourth-order valence-electron chi connectivity index (χ4n) is 4.71. The zero-order valence-electron chi connectivity index (χ0n) is 12.2. The molecule has 0 aromatic rings. The van der Waals surface area contributed by atoms with Crippen molar-refractivity contribution in [1.82, 2.24) is 4.31 Å². The summed E-state index contributed by atoms with van der Waals surface area (Å²) in [6.07, 6.45) is 5.81. The van der Waals surface area contributed by atoms with Crippen molar-refractivity contribution in [3.8, 4) is 0 Å². The van der Waals surface area contributed by atoms with Gasteiger partial charge in [0.25, 0.3) is 0 Å². The van der Waals surface area contributed by atoms with Gasteiger partial charge in [-0.05, 0) is 26.2 Å². The van der Waals surface area contributed by atoms with Gasteiger partial charge in [0.05, 0.1) is 18.2 Å². The largest absolute Gasteiger partial charge is 0.369 e. The molecular formula is C14H22INO4S. The van der Waals surface area contributed by atoms with Crippen molar-refractivity contribution in [3.05, 3.63) is 0 Å². The summed E-state index contributed by atoms with van der Waals surface area (Å²) < 4.78 is 39.8. The molecule has 0 aromatic heterocycles. The maximum Gasteiger partial charge on any atom is 0.220 e. The molecule has 2 bridgehead atoms. The van der Waals surface area contributed by atoms with Crippen LogP contribution in [0.25, 0.3) is 0 Å². The van der Waals surface area contributed by atoms with Crippen LogP contribution >= 0.6 is 22.6 Å². The van der Waals surface area contributed by atoms with Crippen molar-refractivity contribution >= 4 is 32.6 Å². The maximum absolute atomic E-state index is 12.9. The topological polar surface area (TPSA) is 55.8 Å². The molecule has 3 aliphatic heterocycles. The number of sulfonamides is 1. The van der Waals surface area contributed by atoms with Crippen LogP contribution in [0.1, 0.15) is 45.4 Å². The Bertz CT molecular complexity index is 519. The molecule has 4 aliphatic rings. The average molecular weight is 427 g/mol. The molecule has 0 aromatic carbocycles. The standard InChI is InChI=1S/C14H22INO4S/c1-8(15)19-13-10-7-11-14(20-10)12(13)16(21(11,17)18)9-5-3-2-4-6-9/h8-14H,2-7H2,1H3. The van der Waals surface area contributed by atoms with Gasteiger partial charge in [0, 0.05) is 6.04 Å². The van der Waals surface area contributed by atoms with E-state index in [0.717, 1.165) is 25.7 Å². The normalized spacial score (nSPS) is 47.0. The molecule has 0 amide bonds. The lowest BCUT2D eigenvalue weighted by Gasteiger charge is -2.35. The highest BCUT2D eigenvalue weighted by molar-refractivity contribution is 14.1. The van der Waals surface area contributed by atoms with Gasteiger partial charge in [0.15, 0.2) is 0 Å². The highest BCUT2D eigenvalue weighted by Crippen LogP contribution is 2.51. The number of hydrogen-bond acceptors (Lipinski definition) is 4. The van der Waals surface area contributed by atoms with Crippen molar-refractivity contribution in [3.63, 3.8) is 0 Å². The lowest BCUT2D eigenvalue weighted by Crippen LogP contribution is -2.50. The molecule has 3 heterocycles. The van der Waals surface area contributed by atoms with E-state index in [2.05, 4.69) is 22.6 Å². The first-order valence-electron chi connectivity index (χ1n) is 7.97. The molecule has 0 spiro atoms. The highest BCUT2D eigenvalue weighted by atomic mass is 127. The summed E-state index contributed by atoms with van der Waals surface area (Å²) >= 11 is 2.24. The predicted octanol–water partition coefficient (Wildman–Crippen LogP) is 2.04. The average Bonchev–Trinajstić information content (AvgIpc) is 3.03. The van der Waals surface area contributed by atoms with Crippen LogP contribution in [0, 0.1) is 0 Å². The van der Waals surface area contributed by atoms with Crippen LogP contribution in [0.5, 0.6) is 0 Å². The Morgan fingerprint density at radius 3 is 2.67 bits per heavy atom. The van der Waals surface area contributed by atoms with Crippen LogP contribution in [0.2, 0.25) is 0 Å². The fourth-order valence-corrected chi connectivity index (χ4v) is 7.56. The number of ether oxygens (including phenoxy) is 2. The smallest absolute Gasteiger partial charge is 0.220 e. The summed E-state index contributed by atoms with van der Waals surface area (Å²) in [6, 6.07) is 0.0800. The fraction of sp³-hybridized carbons (Fsp3) is 1.00.